The molecule has 0 aromatic heterocycles. The van der Waals surface area contributed by atoms with Crippen LogP contribution < -0.4 is 0 Å². The molecule has 0 saturated heterocycles. The number of aromatic hydroxyl groups is 3. The normalized spacial score (nSPS) is 11.9. The Labute approximate surface area is 179 Å². The zero-order valence-corrected chi connectivity index (χ0v) is 16.6. The molecule has 0 fully saturated rings. The molecule has 0 saturated carbocycles. The summed E-state index contributed by atoms with van der Waals surface area (Å²) in [4.78, 5) is 11.7. The topological polar surface area (TPSA) is 90.1 Å². The third-order valence-electron chi connectivity index (χ3n) is 5.52. The number of hydrogen-bond acceptors (Lipinski definition) is 5. The zero-order chi connectivity index (χ0) is 21.8. The van der Waals surface area contributed by atoms with Crippen molar-refractivity contribution in [2.45, 2.75) is 11.8 Å². The van der Waals surface area contributed by atoms with Crippen LogP contribution in [0.1, 0.15) is 34.1 Å². The first-order valence-corrected chi connectivity index (χ1v) is 9.87. The van der Waals surface area contributed by atoms with Gasteiger partial charge in [-0.15, -0.1) is 4.91 Å². The van der Waals surface area contributed by atoms with Crippen molar-refractivity contribution in [2.75, 3.05) is 0 Å². The number of phenolic OH excluding ortho intramolecular Hbond substituents is 3. The van der Waals surface area contributed by atoms with E-state index in [2.05, 4.69) is 5.18 Å². The average Bonchev–Trinajstić information content (AvgIpc) is 2.80. The number of para-hydroxylation sites is 3. The van der Waals surface area contributed by atoms with E-state index in [-0.39, 0.29) is 22.9 Å². The summed E-state index contributed by atoms with van der Waals surface area (Å²) < 4.78 is 0. The van der Waals surface area contributed by atoms with Gasteiger partial charge in [-0.3, -0.25) is 0 Å². The van der Waals surface area contributed by atoms with Crippen molar-refractivity contribution in [1.82, 2.24) is 0 Å². The molecule has 154 valence electrons. The predicted molar refractivity (Wildman–Crippen MR) is 120 cm³/mol. The van der Waals surface area contributed by atoms with Crippen LogP contribution in [-0.2, 0) is 0 Å². The van der Waals surface area contributed by atoms with Crippen LogP contribution in [0.3, 0.4) is 0 Å². The quantitative estimate of drug-likeness (QED) is 0.331. The summed E-state index contributed by atoms with van der Waals surface area (Å²) in [5, 5.41) is 35.4. The van der Waals surface area contributed by atoms with E-state index in [0.29, 0.717) is 22.3 Å². The maximum atomic E-state index is 11.7. The minimum Gasteiger partial charge on any atom is -0.508 e. The second-order valence-electron chi connectivity index (χ2n) is 7.28. The molecule has 1 unspecified atom stereocenters. The Bertz CT molecular complexity index is 1180. The van der Waals surface area contributed by atoms with Gasteiger partial charge in [-0.1, -0.05) is 72.8 Å². The number of rotatable bonds is 6. The summed E-state index contributed by atoms with van der Waals surface area (Å²) >= 11 is 0. The summed E-state index contributed by atoms with van der Waals surface area (Å²) in [5.41, 5.74) is 2.47. The summed E-state index contributed by atoms with van der Waals surface area (Å²) in [6, 6.07) is 27.5. The molecule has 4 rings (SSSR count). The number of phenols is 3. The van der Waals surface area contributed by atoms with Crippen molar-refractivity contribution in [3.05, 3.63) is 124 Å². The van der Waals surface area contributed by atoms with E-state index in [4.69, 9.17) is 0 Å². The third kappa shape index (κ3) is 3.85. The SMILES string of the molecule is O=Nc1ccccc1C(c1ccccc1O)C(c1ccccc1O)c1ccccc1O. The molecule has 0 aliphatic rings. The van der Waals surface area contributed by atoms with Gasteiger partial charge in [0.15, 0.2) is 0 Å². The van der Waals surface area contributed by atoms with E-state index in [0.717, 1.165) is 0 Å². The van der Waals surface area contributed by atoms with Crippen molar-refractivity contribution in [1.29, 1.82) is 0 Å². The summed E-state index contributed by atoms with van der Waals surface area (Å²) in [7, 11) is 0. The van der Waals surface area contributed by atoms with Crippen molar-refractivity contribution >= 4 is 5.69 Å². The second-order valence-corrected chi connectivity index (χ2v) is 7.28. The monoisotopic (exact) mass is 411 g/mol. The molecule has 31 heavy (non-hydrogen) atoms. The lowest BCUT2D eigenvalue weighted by molar-refractivity contribution is 0.441. The summed E-state index contributed by atoms with van der Waals surface area (Å²) in [6.45, 7) is 0. The van der Waals surface area contributed by atoms with E-state index in [1.54, 1.807) is 97.1 Å². The first-order valence-electron chi connectivity index (χ1n) is 9.87. The Kier molecular flexibility index (Phi) is 5.67. The number of hydrogen-bond donors (Lipinski definition) is 3. The molecule has 1 atom stereocenters. The van der Waals surface area contributed by atoms with Crippen LogP contribution in [0.15, 0.2) is 102 Å². The highest BCUT2D eigenvalue weighted by atomic mass is 16.3. The molecule has 0 aliphatic carbocycles. The molecule has 3 N–H and O–H groups in total. The van der Waals surface area contributed by atoms with Crippen molar-refractivity contribution in [3.63, 3.8) is 0 Å². The van der Waals surface area contributed by atoms with Crippen molar-refractivity contribution < 1.29 is 15.3 Å². The van der Waals surface area contributed by atoms with Crippen LogP contribution >= 0.6 is 0 Å². The van der Waals surface area contributed by atoms with E-state index < -0.39 is 11.8 Å². The first kappa shape index (κ1) is 20.2. The Morgan fingerprint density at radius 3 is 1.19 bits per heavy atom. The highest BCUT2D eigenvalue weighted by Gasteiger charge is 2.34. The molecule has 4 aromatic rings. The molecule has 0 heterocycles. The van der Waals surface area contributed by atoms with Crippen LogP contribution in [0.5, 0.6) is 17.2 Å². The molecule has 0 radical (unpaired) electrons. The second kappa shape index (κ2) is 8.71. The first-order chi connectivity index (χ1) is 15.1. The largest absolute Gasteiger partial charge is 0.508 e. The van der Waals surface area contributed by atoms with Gasteiger partial charge in [0.25, 0.3) is 0 Å². The van der Waals surface area contributed by atoms with Crippen LogP contribution in [0, 0.1) is 4.91 Å². The molecule has 0 bridgehead atoms. The van der Waals surface area contributed by atoms with Gasteiger partial charge in [-0.05, 0) is 35.0 Å². The Balaban J connectivity index is 2.08. The Hall–Kier alpha value is -4.12. The molecule has 0 amide bonds. The van der Waals surface area contributed by atoms with Gasteiger partial charge in [-0.25, -0.2) is 0 Å². The lowest BCUT2D eigenvalue weighted by atomic mass is 9.72. The van der Waals surface area contributed by atoms with Gasteiger partial charge in [0.1, 0.15) is 22.9 Å². The van der Waals surface area contributed by atoms with Gasteiger partial charge in [0.05, 0.1) is 0 Å². The molecular formula is C26H21NO4. The van der Waals surface area contributed by atoms with Crippen molar-refractivity contribution in [2.24, 2.45) is 5.18 Å². The lowest BCUT2D eigenvalue weighted by Gasteiger charge is -2.31. The zero-order valence-electron chi connectivity index (χ0n) is 16.6. The highest BCUT2D eigenvalue weighted by Crippen LogP contribution is 2.51. The van der Waals surface area contributed by atoms with Gasteiger partial charge in [0, 0.05) is 28.5 Å². The van der Waals surface area contributed by atoms with Crippen LogP contribution in [0.25, 0.3) is 0 Å². The summed E-state index contributed by atoms with van der Waals surface area (Å²) in [6.07, 6.45) is 0. The summed E-state index contributed by atoms with van der Waals surface area (Å²) in [5.74, 6) is -1.08. The maximum absolute atomic E-state index is 11.7. The average molecular weight is 411 g/mol. The molecule has 0 spiro atoms. The lowest BCUT2D eigenvalue weighted by Crippen LogP contribution is -2.15. The number of nitrogens with zero attached hydrogens (tertiary/aromatic N) is 1. The minimum atomic E-state index is -0.614. The maximum Gasteiger partial charge on any atom is 0.119 e. The standard InChI is InChI=1S/C26H21NO4/c28-22-14-6-2-10-18(22)25(17-9-1-5-13-21(17)27-31)26(19-11-3-7-15-23(19)29)20-12-4-8-16-24(20)30/h1-16,25-26,28-30H. The van der Waals surface area contributed by atoms with Gasteiger partial charge < -0.3 is 15.3 Å². The van der Waals surface area contributed by atoms with Crippen LogP contribution in [-0.4, -0.2) is 15.3 Å². The fourth-order valence-corrected chi connectivity index (χ4v) is 4.14. The molecular weight excluding hydrogens is 390 g/mol. The molecule has 5 heteroatoms. The van der Waals surface area contributed by atoms with E-state index in [9.17, 15) is 20.2 Å². The van der Waals surface area contributed by atoms with E-state index in [1.807, 2.05) is 0 Å². The Morgan fingerprint density at radius 1 is 0.484 bits per heavy atom. The number of nitroso groups, excluding NO2 is 1. The predicted octanol–water partition coefficient (Wildman–Crippen LogP) is 6.17. The highest BCUT2D eigenvalue weighted by molar-refractivity contribution is 5.59. The smallest absolute Gasteiger partial charge is 0.119 e. The van der Waals surface area contributed by atoms with E-state index >= 15 is 0 Å². The van der Waals surface area contributed by atoms with Crippen LogP contribution in [0.4, 0.5) is 5.69 Å². The fourth-order valence-electron chi connectivity index (χ4n) is 4.14. The van der Waals surface area contributed by atoms with E-state index in [1.165, 1.54) is 0 Å². The molecule has 0 aliphatic heterocycles. The fraction of sp³-hybridized carbons (Fsp3) is 0.0769. The Morgan fingerprint density at radius 2 is 0.806 bits per heavy atom. The van der Waals surface area contributed by atoms with Gasteiger partial charge in [0.2, 0.25) is 0 Å². The van der Waals surface area contributed by atoms with Gasteiger partial charge >= 0.3 is 0 Å². The minimum absolute atomic E-state index is 0.0454. The molecule has 5 nitrogen and oxygen atoms in total. The third-order valence-corrected chi connectivity index (χ3v) is 5.52. The molecule has 4 aromatic carbocycles. The van der Waals surface area contributed by atoms with Crippen molar-refractivity contribution in [3.8, 4) is 17.2 Å². The number of benzene rings is 4. The van der Waals surface area contributed by atoms with Crippen LogP contribution in [0.2, 0.25) is 0 Å². The van der Waals surface area contributed by atoms with Gasteiger partial charge in [-0.2, -0.15) is 0 Å².